The fraction of sp³-hybridized carbons (Fsp3) is 0.136. The maximum Gasteiger partial charge on any atom is 0.296 e. The van der Waals surface area contributed by atoms with Crippen LogP contribution in [0.3, 0.4) is 0 Å². The summed E-state index contributed by atoms with van der Waals surface area (Å²) in [5, 5.41) is 22.1. The molecule has 1 aliphatic rings. The first-order chi connectivity index (χ1) is 14.9. The number of aromatic nitrogens is 1. The highest BCUT2D eigenvalue weighted by Crippen LogP contribution is 2.41. The van der Waals surface area contributed by atoms with Crippen molar-refractivity contribution in [2.45, 2.75) is 19.5 Å². The van der Waals surface area contributed by atoms with E-state index in [0.717, 1.165) is 6.07 Å². The summed E-state index contributed by atoms with van der Waals surface area (Å²) in [6, 6.07) is 11.0. The lowest BCUT2D eigenvalue weighted by molar-refractivity contribution is -0.384. The summed E-state index contributed by atoms with van der Waals surface area (Å²) >= 11 is 0. The predicted octanol–water partition coefficient (Wildman–Crippen LogP) is 3.51. The van der Waals surface area contributed by atoms with Gasteiger partial charge in [0.1, 0.15) is 23.3 Å². The quantitative estimate of drug-likeness (QED) is 0.220. The minimum atomic E-state index is -0.992. The third-order valence-corrected chi connectivity index (χ3v) is 4.98. The van der Waals surface area contributed by atoms with Gasteiger partial charge in [-0.25, -0.2) is 0 Å². The Morgan fingerprint density at radius 2 is 2.03 bits per heavy atom. The number of aliphatic hydroxyl groups is 1. The fourth-order valence-electron chi connectivity index (χ4n) is 3.55. The molecule has 1 atom stereocenters. The number of likely N-dealkylation sites (tertiary alicyclic amines) is 1. The Kier molecular flexibility index (Phi) is 5.08. The number of nitro groups is 1. The van der Waals surface area contributed by atoms with Crippen LogP contribution in [0.25, 0.3) is 5.76 Å². The van der Waals surface area contributed by atoms with E-state index in [-0.39, 0.29) is 23.4 Å². The van der Waals surface area contributed by atoms with Gasteiger partial charge < -0.3 is 14.4 Å². The maximum absolute atomic E-state index is 12.9. The smallest absolute Gasteiger partial charge is 0.296 e. The summed E-state index contributed by atoms with van der Waals surface area (Å²) in [6.45, 7) is 1.78. The number of nitro benzene ring substituents is 1. The molecule has 1 fully saturated rings. The van der Waals surface area contributed by atoms with Gasteiger partial charge >= 0.3 is 0 Å². The first-order valence-electron chi connectivity index (χ1n) is 9.35. The number of rotatable bonds is 5. The highest BCUT2D eigenvalue weighted by Gasteiger charge is 2.47. The summed E-state index contributed by atoms with van der Waals surface area (Å²) in [7, 11) is 0. The summed E-state index contributed by atoms with van der Waals surface area (Å²) in [5.41, 5.74) is 0.303. The van der Waals surface area contributed by atoms with E-state index in [1.165, 1.54) is 23.1 Å². The number of pyridine rings is 1. The number of furan rings is 1. The van der Waals surface area contributed by atoms with Crippen LogP contribution in [0.4, 0.5) is 5.69 Å². The number of Topliss-reactive ketones (excluding diaryl/α,β-unsaturated/α-hetero) is 1. The molecule has 0 spiro atoms. The summed E-state index contributed by atoms with van der Waals surface area (Å²) < 4.78 is 5.70. The second-order valence-corrected chi connectivity index (χ2v) is 7.04. The Bertz CT molecular complexity index is 1210. The molecule has 31 heavy (non-hydrogen) atoms. The van der Waals surface area contributed by atoms with Crippen LogP contribution in [-0.4, -0.2) is 31.6 Å². The third kappa shape index (κ3) is 3.68. The molecular weight excluding hydrogens is 402 g/mol. The summed E-state index contributed by atoms with van der Waals surface area (Å²) in [5.74, 6) is -1.35. The van der Waals surface area contributed by atoms with Crippen LogP contribution >= 0.6 is 0 Å². The molecule has 1 saturated heterocycles. The largest absolute Gasteiger partial charge is 0.507 e. The number of hydrogen-bond acceptors (Lipinski definition) is 7. The Morgan fingerprint density at radius 1 is 1.23 bits per heavy atom. The van der Waals surface area contributed by atoms with Crippen LogP contribution in [0.15, 0.2) is 70.9 Å². The molecule has 0 bridgehead atoms. The Morgan fingerprint density at radius 3 is 2.68 bits per heavy atom. The number of hydrogen-bond donors (Lipinski definition) is 1. The van der Waals surface area contributed by atoms with Crippen molar-refractivity contribution < 1.29 is 24.0 Å². The Labute approximate surface area is 176 Å². The van der Waals surface area contributed by atoms with Gasteiger partial charge in [-0.05, 0) is 30.7 Å². The van der Waals surface area contributed by atoms with E-state index < -0.39 is 28.4 Å². The summed E-state index contributed by atoms with van der Waals surface area (Å²) in [4.78, 5) is 41.6. The lowest BCUT2D eigenvalue weighted by atomic mass is 9.99. The van der Waals surface area contributed by atoms with Gasteiger partial charge in [-0.1, -0.05) is 18.2 Å². The van der Waals surface area contributed by atoms with Gasteiger partial charge in [0, 0.05) is 36.6 Å². The van der Waals surface area contributed by atoms with E-state index in [1.54, 1.807) is 43.6 Å². The number of non-ortho nitro benzene ring substituents is 1. The van der Waals surface area contributed by atoms with E-state index in [1.807, 2.05) is 0 Å². The summed E-state index contributed by atoms with van der Waals surface area (Å²) in [6.07, 6.45) is 3.16. The number of aryl methyl sites for hydroxylation is 1. The molecule has 0 aliphatic carbocycles. The standard InChI is InChI=1S/C22H17N3O6/c1-13-7-8-17(31-13)19-18(20(26)15-5-2-6-16(10-15)25(29)30)21(27)22(28)24(19)12-14-4-3-9-23-11-14/h2-11,19,26H,12H2,1H3/b20-18-. The molecule has 4 rings (SSSR count). The lowest BCUT2D eigenvalue weighted by Gasteiger charge is -2.23. The molecule has 0 radical (unpaired) electrons. The highest BCUT2D eigenvalue weighted by atomic mass is 16.6. The molecule has 156 valence electrons. The van der Waals surface area contributed by atoms with Crippen molar-refractivity contribution >= 4 is 23.1 Å². The van der Waals surface area contributed by atoms with E-state index in [4.69, 9.17) is 4.42 Å². The zero-order valence-electron chi connectivity index (χ0n) is 16.4. The van der Waals surface area contributed by atoms with Crippen molar-refractivity contribution in [1.29, 1.82) is 0 Å². The van der Waals surface area contributed by atoms with Gasteiger partial charge in [0.15, 0.2) is 0 Å². The zero-order chi connectivity index (χ0) is 22.1. The normalized spacial score (nSPS) is 17.8. The molecule has 0 saturated carbocycles. The molecule has 1 amide bonds. The number of ketones is 1. The SMILES string of the molecule is Cc1ccc(C2/C(=C(/O)c3cccc([N+](=O)[O-])c3)C(=O)C(=O)N2Cc2cccnc2)o1. The van der Waals surface area contributed by atoms with Crippen molar-refractivity contribution in [1.82, 2.24) is 9.88 Å². The van der Waals surface area contributed by atoms with E-state index in [0.29, 0.717) is 17.1 Å². The van der Waals surface area contributed by atoms with Crippen molar-refractivity contribution in [2.24, 2.45) is 0 Å². The van der Waals surface area contributed by atoms with Crippen molar-refractivity contribution in [3.8, 4) is 0 Å². The van der Waals surface area contributed by atoms with E-state index in [9.17, 15) is 24.8 Å². The molecule has 3 aromatic rings. The maximum atomic E-state index is 12.9. The molecule has 1 aromatic carbocycles. The predicted molar refractivity (Wildman–Crippen MR) is 109 cm³/mol. The van der Waals surface area contributed by atoms with Crippen LogP contribution in [0.2, 0.25) is 0 Å². The second-order valence-electron chi connectivity index (χ2n) is 7.04. The fourth-order valence-corrected chi connectivity index (χ4v) is 3.55. The topological polar surface area (TPSA) is 127 Å². The monoisotopic (exact) mass is 419 g/mol. The minimum absolute atomic E-state index is 0.0573. The van der Waals surface area contributed by atoms with Crippen molar-refractivity contribution in [3.63, 3.8) is 0 Å². The average Bonchev–Trinajstić information content (AvgIpc) is 3.30. The van der Waals surface area contributed by atoms with Gasteiger partial charge in [-0.3, -0.25) is 24.7 Å². The average molecular weight is 419 g/mol. The third-order valence-electron chi connectivity index (χ3n) is 4.98. The first-order valence-corrected chi connectivity index (χ1v) is 9.35. The van der Waals surface area contributed by atoms with Crippen LogP contribution in [-0.2, 0) is 16.1 Å². The van der Waals surface area contributed by atoms with Gasteiger partial charge in [-0.2, -0.15) is 0 Å². The van der Waals surface area contributed by atoms with Crippen LogP contribution < -0.4 is 0 Å². The molecular formula is C22H17N3O6. The molecule has 9 nitrogen and oxygen atoms in total. The van der Waals surface area contributed by atoms with Gasteiger partial charge in [0.25, 0.3) is 17.4 Å². The van der Waals surface area contributed by atoms with Gasteiger partial charge in [0.05, 0.1) is 10.5 Å². The number of nitrogens with zero attached hydrogens (tertiary/aromatic N) is 3. The number of aliphatic hydroxyl groups excluding tert-OH is 1. The molecule has 3 heterocycles. The number of amides is 1. The lowest BCUT2D eigenvalue weighted by Crippen LogP contribution is -2.29. The number of benzene rings is 1. The highest BCUT2D eigenvalue weighted by molar-refractivity contribution is 6.46. The van der Waals surface area contributed by atoms with Crippen molar-refractivity contribution in [3.05, 3.63) is 99.3 Å². The number of carbonyl (C=O) groups is 2. The Hall–Kier alpha value is -4.27. The Balaban J connectivity index is 1.86. The van der Waals surface area contributed by atoms with Crippen LogP contribution in [0.5, 0.6) is 0 Å². The zero-order valence-corrected chi connectivity index (χ0v) is 16.4. The van der Waals surface area contributed by atoms with Crippen LogP contribution in [0.1, 0.15) is 28.7 Å². The first kappa shape index (κ1) is 20.0. The van der Waals surface area contributed by atoms with Crippen LogP contribution in [0, 0.1) is 17.0 Å². The molecule has 1 aliphatic heterocycles. The second kappa shape index (κ2) is 7.86. The van der Waals surface area contributed by atoms with Crippen molar-refractivity contribution in [2.75, 3.05) is 0 Å². The van der Waals surface area contributed by atoms with Gasteiger partial charge in [-0.15, -0.1) is 0 Å². The molecule has 2 aromatic heterocycles. The molecule has 1 unspecified atom stereocenters. The minimum Gasteiger partial charge on any atom is -0.507 e. The molecule has 9 heteroatoms. The molecule has 1 N–H and O–H groups in total. The van der Waals surface area contributed by atoms with E-state index >= 15 is 0 Å². The van der Waals surface area contributed by atoms with Gasteiger partial charge in [0.2, 0.25) is 0 Å². The number of carbonyl (C=O) groups excluding carboxylic acids is 2. The van der Waals surface area contributed by atoms with E-state index in [2.05, 4.69) is 4.98 Å².